The highest BCUT2D eigenvalue weighted by Gasteiger charge is 2.19. The normalized spacial score (nSPS) is 11.7. The summed E-state index contributed by atoms with van der Waals surface area (Å²) in [6.07, 6.45) is 3.15. The van der Waals surface area contributed by atoms with Crippen molar-refractivity contribution in [1.82, 2.24) is 10.3 Å². The van der Waals surface area contributed by atoms with E-state index in [1.54, 1.807) is 0 Å². The summed E-state index contributed by atoms with van der Waals surface area (Å²) in [6.45, 7) is 10.8. The Balaban J connectivity index is 2.63. The van der Waals surface area contributed by atoms with Crippen molar-refractivity contribution in [3.05, 3.63) is 29.6 Å². The summed E-state index contributed by atoms with van der Waals surface area (Å²) in [5.74, 6) is 0. The van der Waals surface area contributed by atoms with Crippen LogP contribution in [0.5, 0.6) is 0 Å². The van der Waals surface area contributed by atoms with E-state index < -0.39 is 0 Å². The second kappa shape index (κ2) is 5.26. The molecule has 2 heteroatoms. The first-order chi connectivity index (χ1) is 7.06. The van der Waals surface area contributed by atoms with Crippen molar-refractivity contribution in [3.8, 4) is 0 Å². The molecule has 0 unspecified atom stereocenters. The van der Waals surface area contributed by atoms with Gasteiger partial charge in [0, 0.05) is 11.9 Å². The maximum atomic E-state index is 4.35. The number of pyridine rings is 1. The SMILES string of the molecule is CCNCCC(C)(C)c1ccc(C)nc1. The molecule has 0 spiro atoms. The summed E-state index contributed by atoms with van der Waals surface area (Å²) < 4.78 is 0. The third-order valence-electron chi connectivity index (χ3n) is 2.87. The van der Waals surface area contributed by atoms with Crippen LogP contribution < -0.4 is 5.32 Å². The first-order valence-corrected chi connectivity index (χ1v) is 5.70. The van der Waals surface area contributed by atoms with E-state index in [2.05, 4.69) is 43.2 Å². The van der Waals surface area contributed by atoms with Crippen LogP contribution in [0.4, 0.5) is 0 Å². The molecule has 0 aliphatic carbocycles. The lowest BCUT2D eigenvalue weighted by atomic mass is 9.82. The Morgan fingerprint density at radius 3 is 2.60 bits per heavy atom. The highest BCUT2D eigenvalue weighted by atomic mass is 14.8. The Hall–Kier alpha value is -0.890. The molecular formula is C13H22N2. The summed E-state index contributed by atoms with van der Waals surface area (Å²) in [5, 5.41) is 3.37. The van der Waals surface area contributed by atoms with E-state index in [-0.39, 0.29) is 5.41 Å². The van der Waals surface area contributed by atoms with Crippen LogP contribution in [0.25, 0.3) is 0 Å². The van der Waals surface area contributed by atoms with Crippen LogP contribution in [0.2, 0.25) is 0 Å². The van der Waals surface area contributed by atoms with Crippen molar-refractivity contribution >= 4 is 0 Å². The molecule has 0 aliphatic heterocycles. The number of aryl methyl sites for hydroxylation is 1. The second-order valence-corrected chi connectivity index (χ2v) is 4.68. The molecule has 15 heavy (non-hydrogen) atoms. The Morgan fingerprint density at radius 1 is 1.33 bits per heavy atom. The fourth-order valence-corrected chi connectivity index (χ4v) is 1.59. The molecule has 1 heterocycles. The third-order valence-corrected chi connectivity index (χ3v) is 2.87. The van der Waals surface area contributed by atoms with Gasteiger partial charge in [-0.2, -0.15) is 0 Å². The fraction of sp³-hybridized carbons (Fsp3) is 0.615. The zero-order valence-electron chi connectivity index (χ0n) is 10.3. The van der Waals surface area contributed by atoms with Gasteiger partial charge in [-0.3, -0.25) is 4.98 Å². The van der Waals surface area contributed by atoms with Gasteiger partial charge in [-0.25, -0.2) is 0 Å². The molecule has 0 bridgehead atoms. The van der Waals surface area contributed by atoms with Gasteiger partial charge >= 0.3 is 0 Å². The molecule has 84 valence electrons. The molecule has 1 aromatic heterocycles. The van der Waals surface area contributed by atoms with Gasteiger partial charge in [0.25, 0.3) is 0 Å². The van der Waals surface area contributed by atoms with Crippen LogP contribution in [0.15, 0.2) is 18.3 Å². The highest BCUT2D eigenvalue weighted by molar-refractivity contribution is 5.21. The summed E-state index contributed by atoms with van der Waals surface area (Å²) in [5.41, 5.74) is 2.62. The number of hydrogen-bond donors (Lipinski definition) is 1. The fourth-order valence-electron chi connectivity index (χ4n) is 1.59. The van der Waals surface area contributed by atoms with Gasteiger partial charge in [0.1, 0.15) is 0 Å². The Kier molecular flexibility index (Phi) is 4.28. The van der Waals surface area contributed by atoms with Crippen molar-refractivity contribution in [3.63, 3.8) is 0 Å². The average molecular weight is 206 g/mol. The van der Waals surface area contributed by atoms with E-state index in [0.717, 1.165) is 25.2 Å². The maximum Gasteiger partial charge on any atom is 0.0372 e. The van der Waals surface area contributed by atoms with E-state index in [1.165, 1.54) is 5.56 Å². The van der Waals surface area contributed by atoms with Gasteiger partial charge in [-0.15, -0.1) is 0 Å². The van der Waals surface area contributed by atoms with E-state index in [4.69, 9.17) is 0 Å². The minimum Gasteiger partial charge on any atom is -0.317 e. The number of rotatable bonds is 5. The molecule has 0 amide bonds. The molecular weight excluding hydrogens is 184 g/mol. The average Bonchev–Trinajstić information content (AvgIpc) is 2.18. The van der Waals surface area contributed by atoms with Crippen LogP contribution in [0, 0.1) is 6.92 Å². The molecule has 0 saturated carbocycles. The van der Waals surface area contributed by atoms with Crippen molar-refractivity contribution in [2.24, 2.45) is 0 Å². The largest absolute Gasteiger partial charge is 0.317 e. The molecule has 0 aliphatic rings. The minimum atomic E-state index is 0.211. The predicted octanol–water partition coefficient (Wildman–Crippen LogP) is 2.67. The Bertz CT molecular complexity index is 288. The molecule has 1 aromatic rings. The van der Waals surface area contributed by atoms with Gasteiger partial charge in [-0.05, 0) is 43.5 Å². The summed E-state index contributed by atoms with van der Waals surface area (Å²) in [4.78, 5) is 4.35. The standard InChI is InChI=1S/C13H22N2/c1-5-14-9-8-13(3,4)12-7-6-11(2)15-10-12/h6-7,10,14H,5,8-9H2,1-4H3. The topological polar surface area (TPSA) is 24.9 Å². The lowest BCUT2D eigenvalue weighted by Gasteiger charge is -2.25. The lowest BCUT2D eigenvalue weighted by molar-refractivity contribution is 0.459. The second-order valence-electron chi connectivity index (χ2n) is 4.68. The van der Waals surface area contributed by atoms with E-state index in [1.807, 2.05) is 13.1 Å². The van der Waals surface area contributed by atoms with Crippen LogP contribution in [-0.2, 0) is 5.41 Å². The Labute approximate surface area is 93.1 Å². The number of nitrogens with one attached hydrogen (secondary N) is 1. The van der Waals surface area contributed by atoms with Crippen molar-refractivity contribution in [2.75, 3.05) is 13.1 Å². The van der Waals surface area contributed by atoms with Crippen LogP contribution >= 0.6 is 0 Å². The summed E-state index contributed by atoms with van der Waals surface area (Å²) >= 11 is 0. The maximum absolute atomic E-state index is 4.35. The van der Waals surface area contributed by atoms with Crippen LogP contribution in [0.3, 0.4) is 0 Å². The zero-order chi connectivity index (χ0) is 11.3. The molecule has 0 fully saturated rings. The quantitative estimate of drug-likeness (QED) is 0.749. The summed E-state index contributed by atoms with van der Waals surface area (Å²) in [7, 11) is 0. The first kappa shape index (κ1) is 12.2. The highest BCUT2D eigenvalue weighted by Crippen LogP contribution is 2.25. The zero-order valence-corrected chi connectivity index (χ0v) is 10.3. The number of nitrogens with zero attached hydrogens (tertiary/aromatic N) is 1. The predicted molar refractivity (Wildman–Crippen MR) is 65.2 cm³/mol. The van der Waals surface area contributed by atoms with Gasteiger partial charge in [0.05, 0.1) is 0 Å². The number of aromatic nitrogens is 1. The first-order valence-electron chi connectivity index (χ1n) is 5.70. The van der Waals surface area contributed by atoms with E-state index >= 15 is 0 Å². The van der Waals surface area contributed by atoms with Crippen LogP contribution in [-0.4, -0.2) is 18.1 Å². The number of hydrogen-bond acceptors (Lipinski definition) is 2. The van der Waals surface area contributed by atoms with Crippen LogP contribution in [0.1, 0.15) is 38.4 Å². The van der Waals surface area contributed by atoms with E-state index in [9.17, 15) is 0 Å². The Morgan fingerprint density at radius 2 is 2.07 bits per heavy atom. The third kappa shape index (κ3) is 3.63. The van der Waals surface area contributed by atoms with Gasteiger partial charge in [-0.1, -0.05) is 26.8 Å². The van der Waals surface area contributed by atoms with Crippen molar-refractivity contribution in [1.29, 1.82) is 0 Å². The minimum absolute atomic E-state index is 0.211. The lowest BCUT2D eigenvalue weighted by Crippen LogP contribution is -2.25. The van der Waals surface area contributed by atoms with Crippen molar-refractivity contribution < 1.29 is 0 Å². The molecule has 0 atom stereocenters. The monoisotopic (exact) mass is 206 g/mol. The summed E-state index contributed by atoms with van der Waals surface area (Å²) in [6, 6.07) is 4.28. The molecule has 1 rings (SSSR count). The molecule has 0 saturated heterocycles. The molecule has 0 aromatic carbocycles. The smallest absolute Gasteiger partial charge is 0.0372 e. The van der Waals surface area contributed by atoms with E-state index in [0.29, 0.717) is 0 Å². The van der Waals surface area contributed by atoms with Crippen molar-refractivity contribution in [2.45, 2.75) is 39.5 Å². The molecule has 1 N–H and O–H groups in total. The molecule has 2 nitrogen and oxygen atoms in total. The molecule has 0 radical (unpaired) electrons. The van der Waals surface area contributed by atoms with Gasteiger partial charge in [0.2, 0.25) is 0 Å². The van der Waals surface area contributed by atoms with Gasteiger partial charge < -0.3 is 5.32 Å². The van der Waals surface area contributed by atoms with Gasteiger partial charge in [0.15, 0.2) is 0 Å².